The largest absolute Gasteiger partial charge is 0.479 e. The molecule has 1 saturated heterocycles. The summed E-state index contributed by atoms with van der Waals surface area (Å²) in [6.45, 7) is 1.03. The number of β-amino-alcohol motifs (C(OH)–C–C–N with tert-alkyl or cyclic N) is 1. The Hall–Kier alpha value is -2.28. The van der Waals surface area contributed by atoms with Gasteiger partial charge in [0.1, 0.15) is 0 Å². The SMILES string of the molecule is COc1nc(N2C[C@@H](Cc3ccncc3)[C@H](O)C2)ncc1F. The monoisotopic (exact) mass is 304 g/mol. The molecule has 1 aliphatic rings. The van der Waals surface area contributed by atoms with Crippen LogP contribution in [0.15, 0.2) is 30.7 Å². The summed E-state index contributed by atoms with van der Waals surface area (Å²) in [5.41, 5.74) is 1.12. The number of halogens is 1. The van der Waals surface area contributed by atoms with E-state index in [1.165, 1.54) is 7.11 Å². The van der Waals surface area contributed by atoms with E-state index in [9.17, 15) is 9.50 Å². The van der Waals surface area contributed by atoms with Gasteiger partial charge in [-0.2, -0.15) is 9.37 Å². The van der Waals surface area contributed by atoms with Crippen molar-refractivity contribution in [2.24, 2.45) is 5.92 Å². The van der Waals surface area contributed by atoms with Gasteiger partial charge in [-0.25, -0.2) is 4.98 Å². The molecule has 0 spiro atoms. The number of nitrogens with zero attached hydrogens (tertiary/aromatic N) is 4. The molecule has 0 unspecified atom stereocenters. The maximum atomic E-state index is 13.4. The second-order valence-corrected chi connectivity index (χ2v) is 5.32. The van der Waals surface area contributed by atoms with Crippen molar-refractivity contribution in [2.45, 2.75) is 12.5 Å². The average Bonchev–Trinajstić information content (AvgIpc) is 2.90. The number of pyridine rings is 1. The predicted molar refractivity (Wildman–Crippen MR) is 78.2 cm³/mol. The number of aliphatic hydroxyl groups is 1. The van der Waals surface area contributed by atoms with Crippen LogP contribution in [-0.4, -0.2) is 46.4 Å². The van der Waals surface area contributed by atoms with Gasteiger partial charge in [0, 0.05) is 31.4 Å². The average molecular weight is 304 g/mol. The van der Waals surface area contributed by atoms with Crippen LogP contribution in [-0.2, 0) is 6.42 Å². The number of aromatic nitrogens is 3. The highest BCUT2D eigenvalue weighted by Crippen LogP contribution is 2.26. The topological polar surface area (TPSA) is 71.4 Å². The molecule has 2 aromatic heterocycles. The van der Waals surface area contributed by atoms with Crippen LogP contribution in [0.3, 0.4) is 0 Å². The lowest BCUT2D eigenvalue weighted by Gasteiger charge is -2.16. The van der Waals surface area contributed by atoms with E-state index in [2.05, 4.69) is 15.0 Å². The van der Waals surface area contributed by atoms with Crippen molar-refractivity contribution in [2.75, 3.05) is 25.1 Å². The summed E-state index contributed by atoms with van der Waals surface area (Å²) in [7, 11) is 1.36. The third-order valence-electron chi connectivity index (χ3n) is 3.83. The molecule has 116 valence electrons. The fourth-order valence-electron chi connectivity index (χ4n) is 2.68. The van der Waals surface area contributed by atoms with Crippen LogP contribution in [0.25, 0.3) is 0 Å². The van der Waals surface area contributed by atoms with Gasteiger partial charge >= 0.3 is 0 Å². The van der Waals surface area contributed by atoms with Gasteiger partial charge in [-0.3, -0.25) is 4.98 Å². The van der Waals surface area contributed by atoms with E-state index in [-0.39, 0.29) is 11.8 Å². The second kappa shape index (κ2) is 6.23. The van der Waals surface area contributed by atoms with E-state index in [1.807, 2.05) is 17.0 Å². The molecule has 6 nitrogen and oxygen atoms in total. The third kappa shape index (κ3) is 2.99. The number of hydrogen-bond donors (Lipinski definition) is 1. The van der Waals surface area contributed by atoms with E-state index < -0.39 is 11.9 Å². The Bertz CT molecular complexity index is 641. The van der Waals surface area contributed by atoms with Crippen molar-refractivity contribution in [3.8, 4) is 5.88 Å². The molecule has 0 aromatic carbocycles. The zero-order valence-electron chi connectivity index (χ0n) is 12.2. The highest BCUT2D eigenvalue weighted by Gasteiger charge is 2.33. The van der Waals surface area contributed by atoms with Crippen molar-refractivity contribution in [3.05, 3.63) is 42.1 Å². The molecule has 3 heterocycles. The van der Waals surface area contributed by atoms with Crippen LogP contribution in [0, 0.1) is 11.7 Å². The van der Waals surface area contributed by atoms with Gasteiger partial charge in [-0.15, -0.1) is 0 Å². The van der Waals surface area contributed by atoms with Crippen LogP contribution in [0.2, 0.25) is 0 Å². The van der Waals surface area contributed by atoms with E-state index in [0.29, 0.717) is 19.0 Å². The van der Waals surface area contributed by atoms with Crippen LogP contribution in [0.5, 0.6) is 5.88 Å². The smallest absolute Gasteiger partial charge is 0.255 e. The summed E-state index contributed by atoms with van der Waals surface area (Å²) < 4.78 is 18.2. The fraction of sp³-hybridized carbons (Fsp3) is 0.400. The standard InChI is InChI=1S/C15H17FN4O2/c1-22-14-12(16)7-18-15(19-14)20-8-11(13(21)9-20)6-10-2-4-17-5-3-10/h2-5,7,11,13,21H,6,8-9H2,1H3/t11-,13-/m1/s1. The number of methoxy groups -OCH3 is 1. The zero-order valence-corrected chi connectivity index (χ0v) is 12.2. The Morgan fingerprint density at radius 1 is 1.36 bits per heavy atom. The predicted octanol–water partition coefficient (Wildman–Crippen LogP) is 1.06. The molecule has 0 bridgehead atoms. The Labute approximate surface area is 127 Å². The lowest BCUT2D eigenvalue weighted by Crippen LogP contribution is -2.23. The lowest BCUT2D eigenvalue weighted by molar-refractivity contribution is 0.148. The molecule has 0 amide bonds. The first-order valence-corrected chi connectivity index (χ1v) is 7.06. The van der Waals surface area contributed by atoms with E-state index in [0.717, 1.165) is 18.2 Å². The molecule has 0 radical (unpaired) electrons. The minimum Gasteiger partial charge on any atom is -0.479 e. The lowest BCUT2D eigenvalue weighted by atomic mass is 9.97. The van der Waals surface area contributed by atoms with Crippen molar-refractivity contribution >= 4 is 5.95 Å². The molecule has 1 N–H and O–H groups in total. The van der Waals surface area contributed by atoms with Crippen molar-refractivity contribution in [1.29, 1.82) is 0 Å². The maximum absolute atomic E-state index is 13.4. The number of rotatable bonds is 4. The number of anilines is 1. The summed E-state index contributed by atoms with van der Waals surface area (Å²) in [6, 6.07) is 3.87. The van der Waals surface area contributed by atoms with Crippen LogP contribution >= 0.6 is 0 Å². The van der Waals surface area contributed by atoms with Gasteiger partial charge < -0.3 is 14.7 Å². The number of hydrogen-bond acceptors (Lipinski definition) is 6. The van der Waals surface area contributed by atoms with E-state index >= 15 is 0 Å². The molecule has 2 aromatic rings. The second-order valence-electron chi connectivity index (χ2n) is 5.32. The fourth-order valence-corrected chi connectivity index (χ4v) is 2.68. The van der Waals surface area contributed by atoms with Crippen LogP contribution in [0.4, 0.5) is 10.3 Å². The molecule has 22 heavy (non-hydrogen) atoms. The van der Waals surface area contributed by atoms with E-state index in [1.54, 1.807) is 12.4 Å². The number of ether oxygens (including phenoxy) is 1. The minimum atomic E-state index is -0.598. The molecular weight excluding hydrogens is 287 g/mol. The first-order valence-electron chi connectivity index (χ1n) is 7.06. The van der Waals surface area contributed by atoms with E-state index in [4.69, 9.17) is 4.74 Å². The summed E-state index contributed by atoms with van der Waals surface area (Å²) in [5, 5.41) is 10.2. The van der Waals surface area contributed by atoms with Gasteiger partial charge in [0.2, 0.25) is 11.8 Å². The van der Waals surface area contributed by atoms with Crippen LogP contribution < -0.4 is 9.64 Å². The Kier molecular flexibility index (Phi) is 4.15. The van der Waals surface area contributed by atoms with Gasteiger partial charge in [0.05, 0.1) is 19.4 Å². The third-order valence-corrected chi connectivity index (χ3v) is 3.83. The zero-order chi connectivity index (χ0) is 15.5. The first-order chi connectivity index (χ1) is 10.7. The quantitative estimate of drug-likeness (QED) is 0.910. The Balaban J connectivity index is 1.73. The maximum Gasteiger partial charge on any atom is 0.255 e. The van der Waals surface area contributed by atoms with Gasteiger partial charge in [0.15, 0.2) is 0 Å². The highest BCUT2D eigenvalue weighted by atomic mass is 19.1. The van der Waals surface area contributed by atoms with Crippen molar-refractivity contribution in [3.63, 3.8) is 0 Å². The Morgan fingerprint density at radius 3 is 2.86 bits per heavy atom. The highest BCUT2D eigenvalue weighted by molar-refractivity contribution is 5.35. The molecule has 0 saturated carbocycles. The molecule has 1 fully saturated rings. The van der Waals surface area contributed by atoms with Crippen LogP contribution in [0.1, 0.15) is 5.56 Å². The molecule has 2 atom stereocenters. The number of aliphatic hydroxyl groups excluding tert-OH is 1. The molecular formula is C15H17FN4O2. The normalized spacial score (nSPS) is 21.1. The molecule has 0 aliphatic carbocycles. The Morgan fingerprint density at radius 2 is 2.14 bits per heavy atom. The van der Waals surface area contributed by atoms with Crippen molar-refractivity contribution in [1.82, 2.24) is 15.0 Å². The molecule has 1 aliphatic heterocycles. The van der Waals surface area contributed by atoms with Crippen molar-refractivity contribution < 1.29 is 14.2 Å². The minimum absolute atomic E-state index is 0.0713. The molecule has 3 rings (SSSR count). The first kappa shape index (κ1) is 14.6. The summed E-state index contributed by atoms with van der Waals surface area (Å²) in [5.74, 6) is -0.243. The summed E-state index contributed by atoms with van der Waals surface area (Å²) in [6.07, 6.45) is 4.83. The van der Waals surface area contributed by atoms with Gasteiger partial charge in [-0.05, 0) is 24.1 Å². The summed E-state index contributed by atoms with van der Waals surface area (Å²) in [4.78, 5) is 13.9. The molecule has 7 heteroatoms. The van der Waals surface area contributed by atoms with Gasteiger partial charge in [-0.1, -0.05) is 0 Å². The van der Waals surface area contributed by atoms with Gasteiger partial charge in [0.25, 0.3) is 5.88 Å². The summed E-state index contributed by atoms with van der Waals surface area (Å²) >= 11 is 0.